The van der Waals surface area contributed by atoms with Crippen molar-refractivity contribution in [3.8, 4) is 0 Å². The van der Waals surface area contributed by atoms with E-state index in [-0.39, 0.29) is 0 Å². The minimum Gasteiger partial charge on any atom is -0.311 e. The number of fused-ring (bicyclic) bond motifs is 1. The Bertz CT molecular complexity index is 384. The zero-order valence-electron chi connectivity index (χ0n) is 9.51. The van der Waals surface area contributed by atoms with Gasteiger partial charge in [0.1, 0.15) is 0 Å². The molecular weight excluding hydrogens is 262 g/mol. The minimum absolute atomic E-state index is 0.721. The van der Waals surface area contributed by atoms with Crippen LogP contribution in [0.2, 0.25) is 0 Å². The van der Waals surface area contributed by atoms with Gasteiger partial charge in [0.05, 0.1) is 0 Å². The standard InChI is InChI=1S/C14H18BrN/c15-12-6-4-11-9-14(7-5-10(11)8-12)16-13-2-1-3-13/h4,6,8,13-14,16H,1-3,5,7,9H2. The molecule has 2 aliphatic carbocycles. The molecular formula is C14H18BrN. The molecule has 0 heterocycles. The number of aryl methyl sites for hydroxylation is 1. The SMILES string of the molecule is Brc1ccc2c(c1)CCC(NC1CCC1)C2. The summed E-state index contributed by atoms with van der Waals surface area (Å²) in [6.07, 6.45) is 7.97. The van der Waals surface area contributed by atoms with E-state index in [0.29, 0.717) is 0 Å². The highest BCUT2D eigenvalue weighted by Crippen LogP contribution is 2.27. The van der Waals surface area contributed by atoms with Crippen LogP contribution in [0.15, 0.2) is 22.7 Å². The third kappa shape index (κ3) is 2.18. The first kappa shape index (κ1) is 10.8. The fourth-order valence-electron chi connectivity index (χ4n) is 2.77. The Hall–Kier alpha value is -0.340. The number of benzene rings is 1. The van der Waals surface area contributed by atoms with Crippen molar-refractivity contribution in [2.24, 2.45) is 0 Å². The maximum Gasteiger partial charge on any atom is 0.0178 e. The Labute approximate surface area is 106 Å². The summed E-state index contributed by atoms with van der Waals surface area (Å²) in [6.45, 7) is 0. The summed E-state index contributed by atoms with van der Waals surface area (Å²) in [5.41, 5.74) is 3.09. The summed E-state index contributed by atoms with van der Waals surface area (Å²) >= 11 is 3.55. The van der Waals surface area contributed by atoms with Crippen LogP contribution in [0.1, 0.15) is 36.8 Å². The largest absolute Gasteiger partial charge is 0.311 e. The highest BCUT2D eigenvalue weighted by Gasteiger charge is 2.24. The van der Waals surface area contributed by atoms with Crippen LogP contribution in [0.5, 0.6) is 0 Å². The van der Waals surface area contributed by atoms with Gasteiger partial charge in [0.15, 0.2) is 0 Å². The molecule has 0 bridgehead atoms. The molecule has 1 fully saturated rings. The lowest BCUT2D eigenvalue weighted by atomic mass is 9.86. The smallest absolute Gasteiger partial charge is 0.0178 e. The number of hydrogen-bond donors (Lipinski definition) is 1. The average Bonchev–Trinajstić information content (AvgIpc) is 2.23. The summed E-state index contributed by atoms with van der Waals surface area (Å²) in [7, 11) is 0. The van der Waals surface area contributed by atoms with Crippen LogP contribution in [0.25, 0.3) is 0 Å². The van der Waals surface area contributed by atoms with E-state index in [1.165, 1.54) is 43.0 Å². The molecule has 86 valence electrons. The van der Waals surface area contributed by atoms with E-state index in [9.17, 15) is 0 Å². The molecule has 1 nitrogen and oxygen atoms in total. The Kier molecular flexibility index (Phi) is 3.03. The van der Waals surface area contributed by atoms with Gasteiger partial charge in [-0.15, -0.1) is 0 Å². The van der Waals surface area contributed by atoms with Gasteiger partial charge in [-0.1, -0.05) is 28.4 Å². The second kappa shape index (κ2) is 4.50. The first-order valence-corrected chi connectivity index (χ1v) is 7.14. The molecule has 0 saturated heterocycles. The molecule has 3 rings (SSSR count). The van der Waals surface area contributed by atoms with Gasteiger partial charge in [-0.25, -0.2) is 0 Å². The van der Waals surface area contributed by atoms with Gasteiger partial charge in [-0.2, -0.15) is 0 Å². The Morgan fingerprint density at radius 3 is 2.69 bits per heavy atom. The van der Waals surface area contributed by atoms with Crippen molar-refractivity contribution < 1.29 is 0 Å². The summed E-state index contributed by atoms with van der Waals surface area (Å²) in [5, 5.41) is 3.80. The van der Waals surface area contributed by atoms with Crippen LogP contribution in [-0.4, -0.2) is 12.1 Å². The minimum atomic E-state index is 0.721. The molecule has 2 aliphatic rings. The molecule has 1 aromatic carbocycles. The van der Waals surface area contributed by atoms with Gasteiger partial charge >= 0.3 is 0 Å². The van der Waals surface area contributed by atoms with Crippen molar-refractivity contribution in [3.63, 3.8) is 0 Å². The molecule has 0 aliphatic heterocycles. The zero-order valence-corrected chi connectivity index (χ0v) is 11.1. The van der Waals surface area contributed by atoms with Crippen molar-refractivity contribution >= 4 is 15.9 Å². The molecule has 0 aromatic heterocycles. The van der Waals surface area contributed by atoms with Gasteiger partial charge in [-0.05, 0) is 55.4 Å². The van der Waals surface area contributed by atoms with Gasteiger partial charge < -0.3 is 5.32 Å². The first-order chi connectivity index (χ1) is 7.81. The third-order valence-corrected chi connectivity index (χ3v) is 4.47. The van der Waals surface area contributed by atoms with E-state index < -0.39 is 0 Å². The van der Waals surface area contributed by atoms with Crippen LogP contribution in [0.4, 0.5) is 0 Å². The second-order valence-electron chi connectivity index (χ2n) is 5.15. The maximum atomic E-state index is 3.80. The molecule has 2 heteroatoms. The van der Waals surface area contributed by atoms with E-state index in [1.54, 1.807) is 11.1 Å². The monoisotopic (exact) mass is 279 g/mol. The fourth-order valence-corrected chi connectivity index (χ4v) is 3.18. The number of nitrogens with one attached hydrogen (secondary N) is 1. The third-order valence-electron chi connectivity index (χ3n) is 3.97. The molecule has 1 unspecified atom stereocenters. The molecule has 0 spiro atoms. The summed E-state index contributed by atoms with van der Waals surface area (Å²) in [5.74, 6) is 0. The molecule has 16 heavy (non-hydrogen) atoms. The highest BCUT2D eigenvalue weighted by atomic mass is 79.9. The van der Waals surface area contributed by atoms with Crippen molar-refractivity contribution in [2.45, 2.75) is 50.6 Å². The molecule has 0 amide bonds. The average molecular weight is 280 g/mol. The lowest BCUT2D eigenvalue weighted by Crippen LogP contribution is -2.44. The highest BCUT2D eigenvalue weighted by molar-refractivity contribution is 9.10. The summed E-state index contributed by atoms with van der Waals surface area (Å²) < 4.78 is 1.22. The number of hydrogen-bond acceptors (Lipinski definition) is 1. The Balaban J connectivity index is 1.68. The Morgan fingerprint density at radius 2 is 1.94 bits per heavy atom. The van der Waals surface area contributed by atoms with Crippen molar-refractivity contribution in [2.75, 3.05) is 0 Å². The molecule has 1 atom stereocenters. The zero-order chi connectivity index (χ0) is 11.0. The van der Waals surface area contributed by atoms with Crippen molar-refractivity contribution in [3.05, 3.63) is 33.8 Å². The van der Waals surface area contributed by atoms with E-state index in [4.69, 9.17) is 0 Å². The maximum absolute atomic E-state index is 3.80. The van der Waals surface area contributed by atoms with Crippen LogP contribution in [0, 0.1) is 0 Å². The lowest BCUT2D eigenvalue weighted by Gasteiger charge is -2.34. The molecule has 0 radical (unpaired) electrons. The molecule has 1 saturated carbocycles. The predicted molar refractivity (Wildman–Crippen MR) is 70.7 cm³/mol. The summed E-state index contributed by atoms with van der Waals surface area (Å²) in [6, 6.07) is 8.29. The van der Waals surface area contributed by atoms with E-state index in [0.717, 1.165) is 12.1 Å². The van der Waals surface area contributed by atoms with E-state index in [2.05, 4.69) is 39.4 Å². The fraction of sp³-hybridized carbons (Fsp3) is 0.571. The number of halogens is 1. The van der Waals surface area contributed by atoms with Crippen molar-refractivity contribution in [1.29, 1.82) is 0 Å². The summed E-state index contributed by atoms with van der Waals surface area (Å²) in [4.78, 5) is 0. The second-order valence-corrected chi connectivity index (χ2v) is 6.06. The van der Waals surface area contributed by atoms with Crippen LogP contribution >= 0.6 is 15.9 Å². The lowest BCUT2D eigenvalue weighted by molar-refractivity contribution is 0.290. The van der Waals surface area contributed by atoms with Gasteiger partial charge in [-0.3, -0.25) is 0 Å². The van der Waals surface area contributed by atoms with E-state index in [1.807, 2.05) is 0 Å². The first-order valence-electron chi connectivity index (χ1n) is 6.34. The van der Waals surface area contributed by atoms with Gasteiger partial charge in [0, 0.05) is 16.6 Å². The molecule has 1 N–H and O–H groups in total. The number of rotatable bonds is 2. The quantitative estimate of drug-likeness (QED) is 0.875. The van der Waals surface area contributed by atoms with Crippen LogP contribution in [-0.2, 0) is 12.8 Å². The predicted octanol–water partition coefficient (Wildman–Crippen LogP) is 3.45. The van der Waals surface area contributed by atoms with E-state index >= 15 is 0 Å². The topological polar surface area (TPSA) is 12.0 Å². The van der Waals surface area contributed by atoms with Crippen LogP contribution < -0.4 is 5.32 Å². The van der Waals surface area contributed by atoms with Crippen molar-refractivity contribution in [1.82, 2.24) is 5.32 Å². The van der Waals surface area contributed by atoms with Gasteiger partial charge in [0.25, 0.3) is 0 Å². The Morgan fingerprint density at radius 1 is 1.06 bits per heavy atom. The normalized spacial score (nSPS) is 24.9. The molecule has 1 aromatic rings. The van der Waals surface area contributed by atoms with Gasteiger partial charge in [0.2, 0.25) is 0 Å². The van der Waals surface area contributed by atoms with Crippen LogP contribution in [0.3, 0.4) is 0 Å².